The van der Waals surface area contributed by atoms with Crippen LogP contribution in [0.1, 0.15) is 28.8 Å². The average molecular weight is 432 g/mol. The summed E-state index contributed by atoms with van der Waals surface area (Å²) >= 11 is 0. The number of para-hydroxylation sites is 1. The number of aryl methyl sites for hydroxylation is 1. The molecule has 3 aromatic rings. The smallest absolute Gasteiger partial charge is 0.290 e. The Morgan fingerprint density at radius 1 is 1.12 bits per heavy atom. The molecule has 0 bridgehead atoms. The number of ether oxygens (including phenoxy) is 2. The molecular weight excluding hydrogens is 408 g/mol. The first-order valence-electron chi connectivity index (χ1n) is 10.4. The predicted molar refractivity (Wildman–Crippen MR) is 118 cm³/mol. The fraction of sp³-hybridized carbons (Fsp3) is 0.240. The van der Waals surface area contributed by atoms with Crippen LogP contribution in [-0.4, -0.2) is 35.2 Å². The van der Waals surface area contributed by atoms with Crippen LogP contribution in [-0.2, 0) is 21.5 Å². The molecule has 0 aliphatic carbocycles. The van der Waals surface area contributed by atoms with Crippen LogP contribution in [0.15, 0.2) is 66.9 Å². The number of carbonyl (C=O) groups is 2. The quantitative estimate of drug-likeness (QED) is 0.617. The summed E-state index contributed by atoms with van der Waals surface area (Å²) in [7, 11) is 0. The minimum absolute atomic E-state index is 0.139. The third-order valence-corrected chi connectivity index (χ3v) is 5.73. The number of fused-ring (bicyclic) bond motifs is 2. The summed E-state index contributed by atoms with van der Waals surface area (Å²) in [4.78, 5) is 26.3. The molecule has 0 saturated carbocycles. The third-order valence-electron chi connectivity index (χ3n) is 5.73. The lowest BCUT2D eigenvalue weighted by Gasteiger charge is -2.39. The summed E-state index contributed by atoms with van der Waals surface area (Å²) in [6, 6.07) is 19.8. The Balaban J connectivity index is 0.000000775. The number of aromatic nitrogens is 1. The van der Waals surface area contributed by atoms with Crippen LogP contribution in [0.5, 0.6) is 11.5 Å². The molecule has 1 unspecified atom stereocenters. The van der Waals surface area contributed by atoms with Crippen LogP contribution in [0.4, 0.5) is 0 Å². The largest absolute Gasteiger partial charge is 0.491 e. The van der Waals surface area contributed by atoms with Crippen molar-refractivity contribution in [3.63, 3.8) is 0 Å². The molecule has 2 atom stereocenters. The lowest BCUT2D eigenvalue weighted by molar-refractivity contribution is -0.129. The maximum absolute atomic E-state index is 13.3. The molecule has 2 aromatic carbocycles. The maximum Gasteiger partial charge on any atom is 0.290 e. The van der Waals surface area contributed by atoms with Crippen LogP contribution >= 0.6 is 0 Å². The Hall–Kier alpha value is -3.87. The van der Waals surface area contributed by atoms with Gasteiger partial charge in [0.1, 0.15) is 22.7 Å². The van der Waals surface area contributed by atoms with Gasteiger partial charge in [-0.05, 0) is 36.2 Å². The molecule has 0 saturated heterocycles. The van der Waals surface area contributed by atoms with Crippen LogP contribution < -0.4 is 14.8 Å². The van der Waals surface area contributed by atoms with Gasteiger partial charge in [-0.1, -0.05) is 48.0 Å². The van der Waals surface area contributed by atoms with Gasteiger partial charge in [0.2, 0.25) is 0 Å². The van der Waals surface area contributed by atoms with Crippen LogP contribution in [0, 0.1) is 6.92 Å². The number of hydrogen-bond acceptors (Lipinski definition) is 5. The van der Waals surface area contributed by atoms with E-state index in [1.807, 2.05) is 36.4 Å². The van der Waals surface area contributed by atoms with Crippen molar-refractivity contribution in [2.24, 2.45) is 0 Å². The topological polar surface area (TPSA) is 97.8 Å². The van der Waals surface area contributed by atoms with E-state index < -0.39 is 11.6 Å². The Morgan fingerprint density at radius 3 is 2.59 bits per heavy atom. The van der Waals surface area contributed by atoms with Crippen molar-refractivity contribution in [3.8, 4) is 11.5 Å². The van der Waals surface area contributed by atoms with E-state index in [0.29, 0.717) is 25.2 Å². The van der Waals surface area contributed by atoms with E-state index in [9.17, 15) is 4.79 Å². The molecule has 2 aliphatic heterocycles. The number of pyridine rings is 1. The van der Waals surface area contributed by atoms with Crippen molar-refractivity contribution in [1.29, 1.82) is 0 Å². The van der Waals surface area contributed by atoms with Gasteiger partial charge in [0.25, 0.3) is 12.4 Å². The maximum atomic E-state index is 13.3. The van der Waals surface area contributed by atoms with Gasteiger partial charge in [-0.2, -0.15) is 0 Å². The molecule has 1 aromatic heterocycles. The lowest BCUT2D eigenvalue weighted by Crippen LogP contribution is -2.53. The number of amides is 1. The molecular formula is C25H24N2O5. The van der Waals surface area contributed by atoms with E-state index in [4.69, 9.17) is 19.4 Å². The molecule has 2 N–H and O–H groups in total. The standard InChI is InChI=1S/C24H22N2O3.CH2O2/c1-16-8-10-18(11-9-16)24(12-14-28-20-7-4-13-25-22(20)24)26-23(27)21-15-17-5-2-3-6-19(17)29-21;2-1-3/h2-11,13,21H,12,14-15H2,1H3,(H,26,27);1H,(H,2,3)/t21?,24-;/m0./s1. The average Bonchev–Trinajstić information content (AvgIpc) is 3.25. The molecule has 2 aliphatic rings. The van der Waals surface area contributed by atoms with Crippen molar-refractivity contribution < 1.29 is 24.2 Å². The number of hydrogen-bond donors (Lipinski definition) is 2. The minimum Gasteiger partial charge on any atom is -0.491 e. The monoisotopic (exact) mass is 432 g/mol. The summed E-state index contributed by atoms with van der Waals surface area (Å²) in [6.45, 7) is 2.30. The highest BCUT2D eigenvalue weighted by atomic mass is 16.5. The van der Waals surface area contributed by atoms with E-state index in [2.05, 4.69) is 41.5 Å². The number of nitrogens with one attached hydrogen (secondary N) is 1. The fourth-order valence-electron chi connectivity index (χ4n) is 4.19. The Bertz CT molecular complexity index is 1090. The molecule has 7 heteroatoms. The molecule has 5 rings (SSSR count). The molecule has 164 valence electrons. The first-order valence-corrected chi connectivity index (χ1v) is 10.4. The second kappa shape index (κ2) is 9.09. The summed E-state index contributed by atoms with van der Waals surface area (Å²) in [5.41, 5.74) is 3.20. The lowest BCUT2D eigenvalue weighted by atomic mass is 9.81. The summed E-state index contributed by atoms with van der Waals surface area (Å²) in [5.74, 6) is 1.35. The first kappa shape index (κ1) is 21.4. The number of carboxylic acid groups (broad SMARTS) is 1. The number of carbonyl (C=O) groups excluding carboxylic acids is 1. The third kappa shape index (κ3) is 4.01. The molecule has 32 heavy (non-hydrogen) atoms. The Kier molecular flexibility index (Phi) is 6.07. The number of benzene rings is 2. The van der Waals surface area contributed by atoms with Crippen molar-refractivity contribution in [2.75, 3.05) is 6.61 Å². The van der Waals surface area contributed by atoms with Gasteiger partial charge >= 0.3 is 0 Å². The first-order chi connectivity index (χ1) is 15.6. The van der Waals surface area contributed by atoms with Gasteiger partial charge in [-0.3, -0.25) is 14.6 Å². The van der Waals surface area contributed by atoms with Crippen molar-refractivity contribution in [1.82, 2.24) is 10.3 Å². The fourth-order valence-corrected chi connectivity index (χ4v) is 4.19. The van der Waals surface area contributed by atoms with Crippen LogP contribution in [0.25, 0.3) is 0 Å². The Labute approximate surface area is 186 Å². The highest BCUT2D eigenvalue weighted by molar-refractivity contribution is 5.84. The van der Waals surface area contributed by atoms with Gasteiger partial charge in [0.05, 0.1) is 6.61 Å². The van der Waals surface area contributed by atoms with E-state index in [1.165, 1.54) is 0 Å². The van der Waals surface area contributed by atoms with E-state index in [-0.39, 0.29) is 12.4 Å². The number of rotatable bonds is 3. The summed E-state index contributed by atoms with van der Waals surface area (Å²) in [5, 5.41) is 10.2. The van der Waals surface area contributed by atoms with E-state index >= 15 is 0 Å². The molecule has 0 fully saturated rings. The van der Waals surface area contributed by atoms with Crippen LogP contribution in [0.2, 0.25) is 0 Å². The minimum atomic E-state index is -0.752. The summed E-state index contributed by atoms with van der Waals surface area (Å²) < 4.78 is 11.8. The van der Waals surface area contributed by atoms with E-state index in [0.717, 1.165) is 28.1 Å². The van der Waals surface area contributed by atoms with Gasteiger partial charge < -0.3 is 19.9 Å². The molecule has 1 amide bonds. The SMILES string of the molecule is Cc1ccc([C@@]2(NC(=O)C3Cc4ccccc4O3)CCOc3cccnc32)cc1.O=CO. The zero-order valence-electron chi connectivity index (χ0n) is 17.7. The predicted octanol–water partition coefficient (Wildman–Crippen LogP) is 3.24. The highest BCUT2D eigenvalue weighted by Gasteiger charge is 2.44. The van der Waals surface area contributed by atoms with Gasteiger partial charge in [0.15, 0.2) is 6.10 Å². The van der Waals surface area contributed by atoms with Gasteiger partial charge in [-0.25, -0.2) is 0 Å². The van der Waals surface area contributed by atoms with Gasteiger partial charge in [0, 0.05) is 19.0 Å². The zero-order chi connectivity index (χ0) is 22.6. The van der Waals surface area contributed by atoms with Crippen molar-refractivity contribution in [3.05, 3.63) is 89.2 Å². The van der Waals surface area contributed by atoms with Gasteiger partial charge in [-0.15, -0.1) is 0 Å². The zero-order valence-corrected chi connectivity index (χ0v) is 17.7. The van der Waals surface area contributed by atoms with Crippen LogP contribution in [0.3, 0.4) is 0 Å². The Morgan fingerprint density at radius 2 is 1.84 bits per heavy atom. The second-order valence-electron chi connectivity index (χ2n) is 7.73. The van der Waals surface area contributed by atoms with E-state index in [1.54, 1.807) is 6.20 Å². The summed E-state index contributed by atoms with van der Waals surface area (Å²) in [6.07, 6.45) is 2.36. The molecule has 3 heterocycles. The second-order valence-corrected chi connectivity index (χ2v) is 7.73. The molecule has 7 nitrogen and oxygen atoms in total. The van der Waals surface area contributed by atoms with Crippen molar-refractivity contribution >= 4 is 12.4 Å². The number of nitrogens with zero attached hydrogens (tertiary/aromatic N) is 1. The highest BCUT2D eigenvalue weighted by Crippen LogP contribution is 2.41. The normalized spacial score (nSPS) is 20.3. The molecule has 0 spiro atoms. The molecule has 0 radical (unpaired) electrons. The van der Waals surface area contributed by atoms with Crippen molar-refractivity contribution in [2.45, 2.75) is 31.4 Å².